The molecule has 6 nitrogen and oxygen atoms in total. The number of nitrogens with zero attached hydrogens (tertiary/aromatic N) is 3. The summed E-state index contributed by atoms with van der Waals surface area (Å²) in [7, 11) is 1.39. The van der Waals surface area contributed by atoms with Gasteiger partial charge in [0, 0.05) is 32.5 Å². The molecular formula is C11H13N3O3. The molecule has 2 rings (SSSR count). The third-order valence-corrected chi connectivity index (χ3v) is 3.02. The Kier molecular flexibility index (Phi) is 3.11. The molecule has 0 bridgehead atoms. The summed E-state index contributed by atoms with van der Waals surface area (Å²) in [6.07, 6.45) is 2.81. The predicted molar refractivity (Wildman–Crippen MR) is 59.7 cm³/mol. The molecule has 1 saturated heterocycles. The van der Waals surface area contributed by atoms with E-state index >= 15 is 0 Å². The molecular weight excluding hydrogens is 222 g/mol. The van der Waals surface area contributed by atoms with Crippen molar-refractivity contribution in [3.63, 3.8) is 0 Å². The van der Waals surface area contributed by atoms with Crippen LogP contribution in [-0.2, 0) is 11.8 Å². The lowest BCUT2D eigenvalue weighted by Crippen LogP contribution is -2.41. The minimum Gasteiger partial charge on any atom is -0.381 e. The molecule has 0 unspecified atom stereocenters. The van der Waals surface area contributed by atoms with E-state index in [4.69, 9.17) is 10.00 Å². The van der Waals surface area contributed by atoms with E-state index in [1.165, 1.54) is 17.8 Å². The Morgan fingerprint density at radius 2 is 2.06 bits per heavy atom. The molecule has 0 atom stereocenters. The van der Waals surface area contributed by atoms with Crippen molar-refractivity contribution in [1.29, 1.82) is 5.26 Å². The molecule has 0 spiro atoms. The fourth-order valence-corrected chi connectivity index (χ4v) is 1.99. The topological polar surface area (TPSA) is 77.0 Å². The lowest BCUT2D eigenvalue weighted by Gasteiger charge is -2.24. The summed E-state index contributed by atoms with van der Waals surface area (Å²) in [6, 6.07) is 1.83. The number of hydrogen-bond donors (Lipinski definition) is 0. The van der Waals surface area contributed by atoms with E-state index in [0.717, 1.165) is 17.4 Å². The van der Waals surface area contributed by atoms with Crippen LogP contribution >= 0.6 is 0 Å². The van der Waals surface area contributed by atoms with E-state index in [1.807, 2.05) is 6.07 Å². The molecule has 90 valence electrons. The maximum Gasteiger partial charge on any atom is 0.331 e. The molecule has 1 aromatic heterocycles. The van der Waals surface area contributed by atoms with Crippen LogP contribution in [0.15, 0.2) is 15.8 Å². The van der Waals surface area contributed by atoms with Crippen molar-refractivity contribution in [3.05, 3.63) is 32.6 Å². The predicted octanol–water partition coefficient (Wildman–Crippen LogP) is -0.230. The van der Waals surface area contributed by atoms with Gasteiger partial charge in [-0.15, -0.1) is 0 Å². The van der Waals surface area contributed by atoms with E-state index in [-0.39, 0.29) is 17.3 Å². The van der Waals surface area contributed by atoms with Crippen molar-refractivity contribution < 1.29 is 4.74 Å². The van der Waals surface area contributed by atoms with Gasteiger partial charge in [-0.05, 0) is 12.8 Å². The van der Waals surface area contributed by atoms with Crippen molar-refractivity contribution in [2.45, 2.75) is 18.9 Å². The van der Waals surface area contributed by atoms with Gasteiger partial charge in [-0.1, -0.05) is 0 Å². The Morgan fingerprint density at radius 3 is 2.65 bits per heavy atom. The van der Waals surface area contributed by atoms with Crippen LogP contribution in [0.5, 0.6) is 0 Å². The molecule has 1 aliphatic heterocycles. The summed E-state index contributed by atoms with van der Waals surface area (Å²) in [5.74, 6) is 0. The lowest BCUT2D eigenvalue weighted by atomic mass is 10.1. The third kappa shape index (κ3) is 2.01. The summed E-state index contributed by atoms with van der Waals surface area (Å²) in [6.45, 7) is 1.20. The Hall–Kier alpha value is -1.87. The average molecular weight is 235 g/mol. The number of ether oxygens (including phenoxy) is 1. The molecule has 0 N–H and O–H groups in total. The second kappa shape index (κ2) is 4.55. The Morgan fingerprint density at radius 1 is 1.41 bits per heavy atom. The smallest absolute Gasteiger partial charge is 0.331 e. The number of hydrogen-bond acceptors (Lipinski definition) is 4. The summed E-state index contributed by atoms with van der Waals surface area (Å²) in [5.41, 5.74) is -0.916. The zero-order valence-corrected chi connectivity index (χ0v) is 9.55. The van der Waals surface area contributed by atoms with E-state index in [2.05, 4.69) is 0 Å². The first-order valence-electron chi connectivity index (χ1n) is 5.45. The minimum atomic E-state index is -0.541. The molecule has 1 aromatic rings. The highest BCUT2D eigenvalue weighted by atomic mass is 16.5. The Bertz CT molecular complexity index is 573. The summed E-state index contributed by atoms with van der Waals surface area (Å²) >= 11 is 0. The highest BCUT2D eigenvalue weighted by Crippen LogP contribution is 2.18. The third-order valence-electron chi connectivity index (χ3n) is 3.02. The first-order chi connectivity index (χ1) is 8.15. The van der Waals surface area contributed by atoms with Crippen LogP contribution in [0.4, 0.5) is 0 Å². The van der Waals surface area contributed by atoms with Gasteiger partial charge in [0.15, 0.2) is 0 Å². The normalized spacial score (nSPS) is 16.7. The zero-order chi connectivity index (χ0) is 12.4. The summed E-state index contributed by atoms with van der Waals surface area (Å²) < 4.78 is 7.68. The van der Waals surface area contributed by atoms with Crippen LogP contribution in [0.2, 0.25) is 0 Å². The van der Waals surface area contributed by atoms with Gasteiger partial charge in [-0.2, -0.15) is 5.26 Å². The van der Waals surface area contributed by atoms with Crippen molar-refractivity contribution >= 4 is 0 Å². The van der Waals surface area contributed by atoms with Crippen LogP contribution in [0.3, 0.4) is 0 Å². The van der Waals surface area contributed by atoms with Gasteiger partial charge in [0.1, 0.15) is 11.6 Å². The Labute approximate surface area is 97.7 Å². The van der Waals surface area contributed by atoms with Crippen LogP contribution in [0.1, 0.15) is 24.4 Å². The molecule has 0 amide bonds. The Balaban J connectivity index is 2.54. The molecule has 0 saturated carbocycles. The van der Waals surface area contributed by atoms with Crippen molar-refractivity contribution in [3.8, 4) is 6.07 Å². The largest absolute Gasteiger partial charge is 0.381 e. The van der Waals surface area contributed by atoms with Crippen LogP contribution in [0, 0.1) is 11.3 Å². The zero-order valence-electron chi connectivity index (χ0n) is 9.55. The fraction of sp³-hybridized carbons (Fsp3) is 0.545. The number of nitriles is 1. The van der Waals surface area contributed by atoms with Gasteiger partial charge in [0.25, 0.3) is 5.56 Å². The van der Waals surface area contributed by atoms with Crippen molar-refractivity contribution in [2.24, 2.45) is 7.05 Å². The van der Waals surface area contributed by atoms with E-state index in [0.29, 0.717) is 13.2 Å². The molecule has 1 aliphatic rings. The van der Waals surface area contributed by atoms with Gasteiger partial charge in [-0.3, -0.25) is 13.9 Å². The van der Waals surface area contributed by atoms with E-state index in [9.17, 15) is 9.59 Å². The second-order valence-electron chi connectivity index (χ2n) is 4.05. The first-order valence-corrected chi connectivity index (χ1v) is 5.45. The van der Waals surface area contributed by atoms with Gasteiger partial charge in [0.05, 0.1) is 0 Å². The molecule has 17 heavy (non-hydrogen) atoms. The molecule has 2 heterocycles. The molecule has 0 aromatic carbocycles. The first kappa shape index (κ1) is 11.6. The van der Waals surface area contributed by atoms with Crippen molar-refractivity contribution in [1.82, 2.24) is 9.13 Å². The van der Waals surface area contributed by atoms with Gasteiger partial charge in [0.2, 0.25) is 0 Å². The van der Waals surface area contributed by atoms with Crippen LogP contribution in [0.25, 0.3) is 0 Å². The minimum absolute atomic E-state index is 0.00130. The molecule has 6 heteroatoms. The monoisotopic (exact) mass is 235 g/mol. The van der Waals surface area contributed by atoms with E-state index in [1.54, 1.807) is 0 Å². The fourth-order valence-electron chi connectivity index (χ4n) is 1.99. The summed E-state index contributed by atoms with van der Waals surface area (Å²) in [5, 5.41) is 8.85. The van der Waals surface area contributed by atoms with Crippen LogP contribution in [-0.4, -0.2) is 22.3 Å². The quantitative estimate of drug-likeness (QED) is 0.673. The molecule has 1 fully saturated rings. The molecule has 0 aliphatic carbocycles. The lowest BCUT2D eigenvalue weighted by molar-refractivity contribution is 0.0679. The SMILES string of the molecule is Cn1c(=O)c(C#N)cn(C2CCOCC2)c1=O. The van der Waals surface area contributed by atoms with Gasteiger partial charge < -0.3 is 4.74 Å². The van der Waals surface area contributed by atoms with Crippen molar-refractivity contribution in [2.75, 3.05) is 13.2 Å². The maximum absolute atomic E-state index is 11.9. The summed E-state index contributed by atoms with van der Waals surface area (Å²) in [4.78, 5) is 23.5. The second-order valence-corrected chi connectivity index (χ2v) is 4.05. The van der Waals surface area contributed by atoms with Gasteiger partial charge >= 0.3 is 5.69 Å². The highest BCUT2D eigenvalue weighted by molar-refractivity contribution is 5.22. The van der Waals surface area contributed by atoms with E-state index < -0.39 is 5.56 Å². The molecule has 0 radical (unpaired) electrons. The maximum atomic E-state index is 11.9. The number of rotatable bonds is 1. The standard InChI is InChI=1S/C11H13N3O3/c1-13-10(15)8(6-12)7-14(11(13)16)9-2-4-17-5-3-9/h7,9H,2-5H2,1H3. The average Bonchev–Trinajstić information content (AvgIpc) is 2.37. The number of aromatic nitrogens is 2. The highest BCUT2D eigenvalue weighted by Gasteiger charge is 2.19. The van der Waals surface area contributed by atoms with Gasteiger partial charge in [-0.25, -0.2) is 4.79 Å². The van der Waals surface area contributed by atoms with Crippen LogP contribution < -0.4 is 11.2 Å².